The van der Waals surface area contributed by atoms with Crippen LogP contribution in [0.5, 0.6) is 0 Å². The lowest BCUT2D eigenvalue weighted by atomic mass is 10.1. The Bertz CT molecular complexity index is 1230. The van der Waals surface area contributed by atoms with Crippen molar-refractivity contribution in [3.63, 3.8) is 0 Å². The fourth-order valence-electron chi connectivity index (χ4n) is 5.16. The minimum absolute atomic E-state index is 0.0364. The maximum Gasteiger partial charge on any atom is 0.243 e. The number of rotatable bonds is 11. The monoisotopic (exact) mass is 553 g/mol. The SMILES string of the molecule is Cc1cnc(C(=O)C(CCCN=C(N)N)NC(=O)[C@@H]2CC[C@H]3CN(C(=O)CCc4ccccc4)CC(=O)N32)s1. The molecule has 3 atom stereocenters. The van der Waals surface area contributed by atoms with E-state index in [-0.39, 0.29) is 42.1 Å². The number of nitrogens with zero attached hydrogens (tertiary/aromatic N) is 4. The van der Waals surface area contributed by atoms with Gasteiger partial charge in [0.15, 0.2) is 11.0 Å². The van der Waals surface area contributed by atoms with Crippen molar-refractivity contribution in [3.8, 4) is 0 Å². The highest BCUT2D eigenvalue weighted by molar-refractivity contribution is 7.13. The summed E-state index contributed by atoms with van der Waals surface area (Å²) in [5.74, 6) is -0.997. The Kier molecular flexibility index (Phi) is 9.28. The number of carbonyl (C=O) groups excluding carboxylic acids is 4. The van der Waals surface area contributed by atoms with Crippen LogP contribution in [0, 0.1) is 6.92 Å². The Morgan fingerprint density at radius 2 is 1.97 bits per heavy atom. The van der Waals surface area contributed by atoms with E-state index in [9.17, 15) is 19.2 Å². The first-order valence-electron chi connectivity index (χ1n) is 13.2. The summed E-state index contributed by atoms with van der Waals surface area (Å²) >= 11 is 1.27. The summed E-state index contributed by atoms with van der Waals surface area (Å²) in [6.45, 7) is 2.54. The van der Waals surface area contributed by atoms with E-state index in [2.05, 4.69) is 15.3 Å². The molecule has 2 saturated heterocycles. The molecule has 0 radical (unpaired) electrons. The van der Waals surface area contributed by atoms with E-state index in [0.29, 0.717) is 56.6 Å². The Morgan fingerprint density at radius 3 is 2.67 bits per heavy atom. The number of aromatic nitrogens is 1. The molecule has 4 rings (SSSR count). The van der Waals surface area contributed by atoms with E-state index < -0.39 is 12.1 Å². The molecule has 39 heavy (non-hydrogen) atoms. The van der Waals surface area contributed by atoms with Crippen molar-refractivity contribution in [1.29, 1.82) is 0 Å². The molecule has 2 aromatic rings. The molecule has 0 aliphatic carbocycles. The Labute approximate surface area is 231 Å². The molecule has 3 heterocycles. The van der Waals surface area contributed by atoms with Crippen LogP contribution < -0.4 is 16.8 Å². The van der Waals surface area contributed by atoms with E-state index >= 15 is 0 Å². The van der Waals surface area contributed by atoms with Gasteiger partial charge in [-0.05, 0) is 44.6 Å². The molecule has 1 aromatic carbocycles. The first kappa shape index (κ1) is 28.2. The Morgan fingerprint density at radius 1 is 1.21 bits per heavy atom. The number of nitrogens with one attached hydrogen (secondary N) is 1. The van der Waals surface area contributed by atoms with Crippen molar-refractivity contribution in [3.05, 3.63) is 52.0 Å². The molecular weight excluding hydrogens is 518 g/mol. The van der Waals surface area contributed by atoms with E-state index in [1.165, 1.54) is 11.3 Å². The van der Waals surface area contributed by atoms with E-state index in [1.807, 2.05) is 37.3 Å². The molecule has 208 valence electrons. The summed E-state index contributed by atoms with van der Waals surface area (Å²) in [7, 11) is 0. The molecule has 12 heteroatoms. The maximum absolute atomic E-state index is 13.4. The number of hydrogen-bond donors (Lipinski definition) is 3. The molecule has 3 amide bonds. The highest BCUT2D eigenvalue weighted by atomic mass is 32.1. The van der Waals surface area contributed by atoms with Crippen LogP contribution in [0.15, 0.2) is 41.5 Å². The van der Waals surface area contributed by atoms with Crippen LogP contribution in [-0.2, 0) is 20.8 Å². The summed E-state index contributed by atoms with van der Waals surface area (Å²) in [6, 6.07) is 8.04. The van der Waals surface area contributed by atoms with Gasteiger partial charge < -0.3 is 26.6 Å². The van der Waals surface area contributed by atoms with Crippen molar-refractivity contribution >= 4 is 40.8 Å². The standard InChI is InChI=1S/C27H35N7O4S/c1-17-14-31-26(39-17)24(37)20(8-5-13-30-27(28)29)32-25(38)21-11-10-19-15-33(16-23(36)34(19)21)22(35)12-9-18-6-3-2-4-7-18/h2-4,6-7,14,19-21H,5,8-13,15-16H2,1H3,(H,32,38)(H4,28,29,30)/t19-,20?,21-/m0/s1. The third-order valence-electron chi connectivity index (χ3n) is 7.08. The van der Waals surface area contributed by atoms with Crippen molar-refractivity contribution in [2.24, 2.45) is 16.5 Å². The molecule has 2 aliphatic rings. The van der Waals surface area contributed by atoms with Gasteiger partial charge in [-0.2, -0.15) is 0 Å². The van der Waals surface area contributed by atoms with Crippen LogP contribution in [0.25, 0.3) is 0 Å². The Hall–Kier alpha value is -3.80. The predicted octanol–water partition coefficient (Wildman–Crippen LogP) is 1.01. The van der Waals surface area contributed by atoms with E-state index in [0.717, 1.165) is 10.4 Å². The summed E-state index contributed by atoms with van der Waals surface area (Å²) < 4.78 is 0. The lowest BCUT2D eigenvalue weighted by Gasteiger charge is -2.39. The van der Waals surface area contributed by atoms with Crippen LogP contribution in [0.2, 0.25) is 0 Å². The van der Waals surface area contributed by atoms with Gasteiger partial charge in [-0.3, -0.25) is 24.2 Å². The number of carbonyl (C=O) groups is 4. The minimum atomic E-state index is -0.813. The molecule has 1 aromatic heterocycles. The van der Waals surface area contributed by atoms with Crippen LogP contribution >= 0.6 is 11.3 Å². The van der Waals surface area contributed by atoms with Gasteiger partial charge in [0.05, 0.1) is 18.6 Å². The van der Waals surface area contributed by atoms with Gasteiger partial charge in [0, 0.05) is 30.6 Å². The number of guanidine groups is 1. The number of amides is 3. The molecule has 5 N–H and O–H groups in total. The van der Waals surface area contributed by atoms with Gasteiger partial charge in [0.25, 0.3) is 0 Å². The lowest BCUT2D eigenvalue weighted by molar-refractivity contribution is -0.151. The maximum atomic E-state index is 13.4. The molecule has 0 spiro atoms. The number of nitrogens with two attached hydrogens (primary N) is 2. The van der Waals surface area contributed by atoms with Gasteiger partial charge in [-0.15, -0.1) is 11.3 Å². The number of fused-ring (bicyclic) bond motifs is 1. The van der Waals surface area contributed by atoms with Crippen molar-refractivity contribution < 1.29 is 19.2 Å². The fourth-order valence-corrected chi connectivity index (χ4v) is 5.92. The second-order valence-electron chi connectivity index (χ2n) is 9.96. The highest BCUT2D eigenvalue weighted by Gasteiger charge is 2.46. The summed E-state index contributed by atoms with van der Waals surface area (Å²) in [5.41, 5.74) is 11.9. The molecule has 0 saturated carbocycles. The van der Waals surface area contributed by atoms with Gasteiger partial charge in [0.1, 0.15) is 6.04 Å². The number of thiazole rings is 1. The van der Waals surface area contributed by atoms with Crippen molar-refractivity contribution in [2.75, 3.05) is 19.6 Å². The second-order valence-corrected chi connectivity index (χ2v) is 11.2. The minimum Gasteiger partial charge on any atom is -0.370 e. The number of aryl methyl sites for hydroxylation is 2. The number of piperazine rings is 1. The van der Waals surface area contributed by atoms with Gasteiger partial charge in [-0.1, -0.05) is 30.3 Å². The first-order valence-corrected chi connectivity index (χ1v) is 14.0. The first-order chi connectivity index (χ1) is 18.7. The molecular formula is C27H35N7O4S. The average Bonchev–Trinajstić information content (AvgIpc) is 3.55. The molecule has 2 fully saturated rings. The van der Waals surface area contributed by atoms with E-state index in [4.69, 9.17) is 11.5 Å². The Balaban J connectivity index is 1.37. The van der Waals surface area contributed by atoms with Gasteiger partial charge in [0.2, 0.25) is 23.5 Å². The van der Waals surface area contributed by atoms with Crippen LogP contribution in [0.4, 0.5) is 0 Å². The zero-order chi connectivity index (χ0) is 27.9. The quantitative estimate of drug-likeness (QED) is 0.162. The zero-order valence-corrected chi connectivity index (χ0v) is 22.9. The van der Waals surface area contributed by atoms with E-state index in [1.54, 1.807) is 16.0 Å². The number of Topliss-reactive ketones (excluding diaryl/α,β-unsaturated/α-hetero) is 1. The molecule has 0 bridgehead atoms. The lowest BCUT2D eigenvalue weighted by Crippen LogP contribution is -2.60. The van der Waals surface area contributed by atoms with Gasteiger partial charge >= 0.3 is 0 Å². The molecule has 1 unspecified atom stereocenters. The number of hydrogen-bond acceptors (Lipinski definition) is 7. The zero-order valence-electron chi connectivity index (χ0n) is 22.0. The molecule has 2 aliphatic heterocycles. The average molecular weight is 554 g/mol. The third kappa shape index (κ3) is 7.20. The smallest absolute Gasteiger partial charge is 0.243 e. The largest absolute Gasteiger partial charge is 0.370 e. The third-order valence-corrected chi connectivity index (χ3v) is 8.01. The van der Waals surface area contributed by atoms with Crippen LogP contribution in [-0.4, -0.2) is 82.0 Å². The number of benzene rings is 1. The number of ketones is 1. The number of aliphatic imine (C=N–C) groups is 1. The predicted molar refractivity (Wildman–Crippen MR) is 148 cm³/mol. The molecule has 11 nitrogen and oxygen atoms in total. The van der Waals surface area contributed by atoms with Gasteiger partial charge in [-0.25, -0.2) is 4.98 Å². The summed E-state index contributed by atoms with van der Waals surface area (Å²) in [6.07, 6.45) is 4.45. The second kappa shape index (κ2) is 12.8. The summed E-state index contributed by atoms with van der Waals surface area (Å²) in [4.78, 5) is 64.8. The van der Waals surface area contributed by atoms with Crippen molar-refractivity contribution in [1.82, 2.24) is 20.1 Å². The van der Waals surface area contributed by atoms with Crippen LogP contribution in [0.3, 0.4) is 0 Å². The highest BCUT2D eigenvalue weighted by Crippen LogP contribution is 2.29. The normalized spacial score (nSPS) is 19.4. The topological polar surface area (TPSA) is 164 Å². The summed E-state index contributed by atoms with van der Waals surface area (Å²) in [5, 5.41) is 3.20. The van der Waals surface area contributed by atoms with Crippen molar-refractivity contribution in [2.45, 2.75) is 63.6 Å². The van der Waals surface area contributed by atoms with Crippen LogP contribution in [0.1, 0.15) is 52.3 Å². The fraction of sp³-hybridized carbons (Fsp3) is 0.481.